The highest BCUT2D eigenvalue weighted by Gasteiger charge is 2.23. The van der Waals surface area contributed by atoms with Crippen LogP contribution in [-0.2, 0) is 13.0 Å². The van der Waals surface area contributed by atoms with Crippen LogP contribution in [0.5, 0.6) is 0 Å². The number of hydrogen-bond acceptors (Lipinski definition) is 4. The molecule has 1 saturated heterocycles. The number of nitrogens with zero attached hydrogens (tertiary/aromatic N) is 3. The summed E-state index contributed by atoms with van der Waals surface area (Å²) in [4.78, 5) is 12.8. The quantitative estimate of drug-likeness (QED) is 0.332. The predicted molar refractivity (Wildman–Crippen MR) is 130 cm³/mol. The third kappa shape index (κ3) is 6.42. The number of benzene rings is 1. The van der Waals surface area contributed by atoms with Crippen LogP contribution in [0.1, 0.15) is 46.8 Å². The van der Waals surface area contributed by atoms with Gasteiger partial charge >= 0.3 is 0 Å². The molecule has 1 aromatic carbocycles. The van der Waals surface area contributed by atoms with Crippen LogP contribution in [-0.4, -0.2) is 42.5 Å². The molecule has 3 rings (SSSR count). The maximum absolute atomic E-state index is 4.47. The largest absolute Gasteiger partial charge is 0.354 e. The van der Waals surface area contributed by atoms with E-state index in [1.54, 1.807) is 11.3 Å². The molecular weight excluding hydrogens is 481 g/mol. The van der Waals surface area contributed by atoms with E-state index in [1.807, 2.05) is 13.2 Å². The molecule has 0 radical (unpaired) electrons. The standard InChI is InChI=1S/C21H31N5S.HI/c1-4-18-13-23-20(27-18)15-25-21(22-3)24-14-19(26-11-5-6-12-26)17-9-7-16(2)8-10-17;/h7-10,13,19H,4-6,11-12,14-15H2,1-3H3,(H2,22,24,25);1H. The summed E-state index contributed by atoms with van der Waals surface area (Å²) in [6.07, 6.45) is 5.59. The van der Waals surface area contributed by atoms with Gasteiger partial charge in [-0.2, -0.15) is 0 Å². The minimum Gasteiger partial charge on any atom is -0.354 e. The van der Waals surface area contributed by atoms with Gasteiger partial charge in [-0.15, -0.1) is 35.3 Å². The van der Waals surface area contributed by atoms with Crippen molar-refractivity contribution in [2.45, 2.75) is 45.7 Å². The van der Waals surface area contributed by atoms with Crippen LogP contribution in [0.25, 0.3) is 0 Å². The number of likely N-dealkylation sites (tertiary alicyclic amines) is 1. The minimum atomic E-state index is 0. The first-order valence-corrected chi connectivity index (χ1v) is 10.7. The van der Waals surface area contributed by atoms with Crippen molar-refractivity contribution in [2.75, 3.05) is 26.7 Å². The number of rotatable bonds is 7. The number of nitrogens with one attached hydrogen (secondary N) is 2. The van der Waals surface area contributed by atoms with Crippen LogP contribution in [0, 0.1) is 6.92 Å². The zero-order valence-corrected chi connectivity index (χ0v) is 20.2. The molecule has 2 aromatic rings. The molecule has 5 nitrogen and oxygen atoms in total. The van der Waals surface area contributed by atoms with Gasteiger partial charge in [-0.3, -0.25) is 9.89 Å². The van der Waals surface area contributed by atoms with Crippen molar-refractivity contribution in [3.63, 3.8) is 0 Å². The lowest BCUT2D eigenvalue weighted by Gasteiger charge is -2.29. The highest BCUT2D eigenvalue weighted by Crippen LogP contribution is 2.24. The van der Waals surface area contributed by atoms with Crippen molar-refractivity contribution < 1.29 is 0 Å². The number of hydrogen-bond donors (Lipinski definition) is 2. The summed E-state index contributed by atoms with van der Waals surface area (Å²) >= 11 is 1.76. The molecule has 0 spiro atoms. The SMILES string of the molecule is CCc1cnc(CNC(=NC)NCC(c2ccc(C)cc2)N2CCCC2)s1.I. The Labute approximate surface area is 190 Å². The zero-order chi connectivity index (χ0) is 19.1. The van der Waals surface area contributed by atoms with E-state index in [-0.39, 0.29) is 24.0 Å². The number of aliphatic imine (C=N–C) groups is 1. The Balaban J connectivity index is 0.00000280. The summed E-state index contributed by atoms with van der Waals surface area (Å²) in [5.74, 6) is 0.833. The van der Waals surface area contributed by atoms with Crippen LogP contribution in [0.2, 0.25) is 0 Å². The summed E-state index contributed by atoms with van der Waals surface area (Å²) < 4.78 is 0. The van der Waals surface area contributed by atoms with Crippen molar-refractivity contribution in [3.05, 3.63) is 51.5 Å². The van der Waals surface area contributed by atoms with Crippen LogP contribution >= 0.6 is 35.3 Å². The van der Waals surface area contributed by atoms with Gasteiger partial charge in [0.15, 0.2) is 5.96 Å². The second kappa shape index (κ2) is 11.7. The third-order valence-electron chi connectivity index (χ3n) is 5.09. The normalized spacial score (nSPS) is 15.9. The Morgan fingerprint density at radius 2 is 1.93 bits per heavy atom. The Morgan fingerprint density at radius 3 is 2.54 bits per heavy atom. The van der Waals surface area contributed by atoms with Crippen molar-refractivity contribution >= 4 is 41.3 Å². The summed E-state index contributed by atoms with van der Waals surface area (Å²) in [5, 5.41) is 8.02. The number of aromatic nitrogens is 1. The van der Waals surface area contributed by atoms with Crippen LogP contribution < -0.4 is 10.6 Å². The molecule has 1 unspecified atom stereocenters. The molecule has 2 N–H and O–H groups in total. The topological polar surface area (TPSA) is 52.6 Å². The fourth-order valence-electron chi connectivity index (χ4n) is 3.47. The van der Waals surface area contributed by atoms with Gasteiger partial charge in [-0.05, 0) is 44.8 Å². The molecule has 1 fully saturated rings. The zero-order valence-electron chi connectivity index (χ0n) is 17.1. The van der Waals surface area contributed by atoms with Crippen LogP contribution in [0.4, 0.5) is 0 Å². The van der Waals surface area contributed by atoms with Crippen molar-refractivity contribution in [1.29, 1.82) is 0 Å². The molecule has 28 heavy (non-hydrogen) atoms. The maximum Gasteiger partial charge on any atom is 0.191 e. The molecule has 7 heteroatoms. The van der Waals surface area contributed by atoms with Gasteiger partial charge in [0.2, 0.25) is 0 Å². The van der Waals surface area contributed by atoms with Gasteiger partial charge in [-0.25, -0.2) is 4.98 Å². The van der Waals surface area contributed by atoms with Crippen molar-refractivity contribution in [3.8, 4) is 0 Å². The number of guanidine groups is 1. The first-order valence-electron chi connectivity index (χ1n) is 9.88. The number of halogens is 1. The van der Waals surface area contributed by atoms with E-state index in [0.29, 0.717) is 12.6 Å². The summed E-state index contributed by atoms with van der Waals surface area (Å²) in [6.45, 7) is 8.20. The van der Waals surface area contributed by atoms with Crippen molar-refractivity contribution in [2.24, 2.45) is 4.99 Å². The smallest absolute Gasteiger partial charge is 0.191 e. The Hall–Kier alpha value is -1.19. The lowest BCUT2D eigenvalue weighted by molar-refractivity contribution is 0.245. The summed E-state index contributed by atoms with van der Waals surface area (Å²) in [5.41, 5.74) is 2.68. The average Bonchev–Trinajstić information content (AvgIpc) is 3.37. The lowest BCUT2D eigenvalue weighted by atomic mass is 10.0. The maximum atomic E-state index is 4.47. The monoisotopic (exact) mass is 513 g/mol. The van der Waals surface area contributed by atoms with Crippen molar-refractivity contribution in [1.82, 2.24) is 20.5 Å². The molecule has 0 saturated carbocycles. The van der Waals surface area contributed by atoms with Gasteiger partial charge in [0.05, 0.1) is 12.6 Å². The fraction of sp³-hybridized carbons (Fsp3) is 0.524. The first-order chi connectivity index (χ1) is 13.2. The van der Waals surface area contributed by atoms with Crippen LogP contribution in [0.3, 0.4) is 0 Å². The third-order valence-corrected chi connectivity index (χ3v) is 6.23. The number of thiazole rings is 1. The summed E-state index contributed by atoms with van der Waals surface area (Å²) in [6, 6.07) is 9.31. The van der Waals surface area contributed by atoms with Gasteiger partial charge < -0.3 is 10.6 Å². The van der Waals surface area contributed by atoms with E-state index in [0.717, 1.165) is 23.9 Å². The molecular formula is C21H32IN5S. The van der Waals surface area contributed by atoms with E-state index in [9.17, 15) is 0 Å². The molecule has 154 valence electrons. The Kier molecular flexibility index (Phi) is 9.67. The lowest BCUT2D eigenvalue weighted by Crippen LogP contribution is -2.42. The molecule has 0 aliphatic carbocycles. The molecule has 1 aliphatic rings. The second-order valence-corrected chi connectivity index (χ2v) is 8.25. The Morgan fingerprint density at radius 1 is 1.21 bits per heavy atom. The van der Waals surface area contributed by atoms with Gasteiger partial charge in [0, 0.05) is 24.7 Å². The molecule has 1 atom stereocenters. The van der Waals surface area contributed by atoms with Gasteiger partial charge in [0.25, 0.3) is 0 Å². The van der Waals surface area contributed by atoms with E-state index in [1.165, 1.54) is 41.9 Å². The average molecular weight is 513 g/mol. The molecule has 1 aliphatic heterocycles. The molecule has 2 heterocycles. The predicted octanol–water partition coefficient (Wildman–Crippen LogP) is 4.13. The molecule has 0 bridgehead atoms. The first kappa shape index (κ1) is 23.1. The van der Waals surface area contributed by atoms with Gasteiger partial charge in [0.1, 0.15) is 5.01 Å². The highest BCUT2D eigenvalue weighted by molar-refractivity contribution is 14.0. The van der Waals surface area contributed by atoms with E-state index >= 15 is 0 Å². The summed E-state index contributed by atoms with van der Waals surface area (Å²) in [7, 11) is 1.82. The Bertz CT molecular complexity index is 738. The number of aryl methyl sites for hydroxylation is 2. The molecule has 1 aromatic heterocycles. The highest BCUT2D eigenvalue weighted by atomic mass is 127. The van der Waals surface area contributed by atoms with E-state index in [2.05, 4.69) is 63.6 Å². The molecule has 0 amide bonds. The van der Waals surface area contributed by atoms with Gasteiger partial charge in [-0.1, -0.05) is 36.8 Å². The van der Waals surface area contributed by atoms with E-state index < -0.39 is 0 Å². The minimum absolute atomic E-state index is 0. The van der Waals surface area contributed by atoms with Crippen LogP contribution in [0.15, 0.2) is 35.5 Å². The van der Waals surface area contributed by atoms with E-state index in [4.69, 9.17) is 0 Å². The second-order valence-electron chi connectivity index (χ2n) is 7.05. The fourth-order valence-corrected chi connectivity index (χ4v) is 4.27.